The van der Waals surface area contributed by atoms with Gasteiger partial charge in [0.05, 0.1) is 11.3 Å². The molecule has 0 atom stereocenters. The first-order valence-corrected chi connectivity index (χ1v) is 7.77. The van der Waals surface area contributed by atoms with Gasteiger partial charge in [-0.1, -0.05) is 12.1 Å². The molecule has 0 radical (unpaired) electrons. The molecule has 1 saturated carbocycles. The van der Waals surface area contributed by atoms with E-state index in [0.717, 1.165) is 16.9 Å². The molecular formula is C18H21N3O. The molecule has 0 unspecified atom stereocenters. The van der Waals surface area contributed by atoms with Gasteiger partial charge in [0, 0.05) is 30.7 Å². The van der Waals surface area contributed by atoms with Crippen molar-refractivity contribution in [2.24, 2.45) is 0 Å². The second kappa shape index (κ2) is 6.18. The molecule has 114 valence electrons. The van der Waals surface area contributed by atoms with Crippen molar-refractivity contribution >= 4 is 17.3 Å². The predicted octanol–water partition coefficient (Wildman–Crippen LogP) is 3.63. The van der Waals surface area contributed by atoms with Crippen molar-refractivity contribution < 1.29 is 4.79 Å². The molecule has 4 heteroatoms. The van der Waals surface area contributed by atoms with Crippen LogP contribution in [0.1, 0.15) is 35.7 Å². The molecular weight excluding hydrogens is 274 g/mol. The first-order valence-electron chi connectivity index (χ1n) is 7.77. The minimum Gasteiger partial charge on any atom is -0.381 e. The van der Waals surface area contributed by atoms with E-state index < -0.39 is 0 Å². The van der Waals surface area contributed by atoms with Gasteiger partial charge in [-0.05, 0) is 50.5 Å². The minimum atomic E-state index is -0.0138. The quantitative estimate of drug-likeness (QED) is 0.916. The van der Waals surface area contributed by atoms with Crippen LogP contribution in [-0.2, 0) is 0 Å². The Morgan fingerprint density at radius 1 is 1.32 bits per heavy atom. The van der Waals surface area contributed by atoms with E-state index in [1.54, 1.807) is 17.3 Å². The summed E-state index contributed by atoms with van der Waals surface area (Å²) in [6, 6.07) is 10.4. The first kappa shape index (κ1) is 14.6. The van der Waals surface area contributed by atoms with Crippen molar-refractivity contribution in [2.75, 3.05) is 16.8 Å². The second-order valence-electron chi connectivity index (χ2n) is 5.77. The van der Waals surface area contributed by atoms with E-state index in [0.29, 0.717) is 18.2 Å². The molecule has 1 N–H and O–H groups in total. The van der Waals surface area contributed by atoms with E-state index >= 15 is 0 Å². The lowest BCUT2D eigenvalue weighted by molar-refractivity contribution is 0.0988. The largest absolute Gasteiger partial charge is 0.381 e. The van der Waals surface area contributed by atoms with Gasteiger partial charge in [0.1, 0.15) is 0 Å². The number of aryl methyl sites for hydroxylation is 1. The zero-order valence-corrected chi connectivity index (χ0v) is 13.0. The highest BCUT2D eigenvalue weighted by Crippen LogP contribution is 2.25. The van der Waals surface area contributed by atoms with Crippen LogP contribution >= 0.6 is 0 Å². The maximum Gasteiger partial charge on any atom is 0.259 e. The Bertz CT molecular complexity index is 680. The van der Waals surface area contributed by atoms with Crippen LogP contribution in [-0.4, -0.2) is 23.5 Å². The number of carbonyl (C=O) groups excluding carboxylic acids is 1. The van der Waals surface area contributed by atoms with E-state index in [9.17, 15) is 4.79 Å². The molecule has 0 saturated heterocycles. The fourth-order valence-corrected chi connectivity index (χ4v) is 2.49. The monoisotopic (exact) mass is 295 g/mol. The number of nitrogens with one attached hydrogen (secondary N) is 1. The highest BCUT2D eigenvalue weighted by atomic mass is 16.2. The van der Waals surface area contributed by atoms with Gasteiger partial charge in [0.25, 0.3) is 5.91 Å². The van der Waals surface area contributed by atoms with Crippen LogP contribution in [0.3, 0.4) is 0 Å². The van der Waals surface area contributed by atoms with Crippen molar-refractivity contribution in [1.29, 1.82) is 0 Å². The van der Waals surface area contributed by atoms with E-state index in [1.807, 2.05) is 44.2 Å². The Morgan fingerprint density at radius 3 is 2.82 bits per heavy atom. The molecule has 0 bridgehead atoms. The molecule has 1 fully saturated rings. The summed E-state index contributed by atoms with van der Waals surface area (Å²) < 4.78 is 0. The van der Waals surface area contributed by atoms with Gasteiger partial charge >= 0.3 is 0 Å². The van der Waals surface area contributed by atoms with E-state index in [4.69, 9.17) is 0 Å². The van der Waals surface area contributed by atoms with Gasteiger partial charge in [-0.25, -0.2) is 0 Å². The molecule has 4 nitrogen and oxygen atoms in total. The molecule has 1 aromatic carbocycles. The van der Waals surface area contributed by atoms with Crippen LogP contribution in [0, 0.1) is 6.92 Å². The molecule has 0 spiro atoms. The molecule has 1 aliphatic rings. The van der Waals surface area contributed by atoms with Crippen LogP contribution in [0.5, 0.6) is 0 Å². The molecule has 1 amide bonds. The standard InChI is InChI=1S/C18H21N3O/c1-3-21(17-6-4-5-13(2)9-17)18(22)14-10-16(12-19-11-14)20-15-7-8-15/h4-6,9-12,15,20H,3,7-8H2,1-2H3. The summed E-state index contributed by atoms with van der Waals surface area (Å²) in [7, 11) is 0. The molecule has 22 heavy (non-hydrogen) atoms. The summed E-state index contributed by atoms with van der Waals surface area (Å²) in [6.07, 6.45) is 5.81. The predicted molar refractivity (Wildman–Crippen MR) is 89.4 cm³/mol. The number of nitrogens with zero attached hydrogens (tertiary/aromatic N) is 2. The zero-order valence-electron chi connectivity index (χ0n) is 13.0. The van der Waals surface area contributed by atoms with Gasteiger partial charge in [0.15, 0.2) is 0 Å². The number of aromatic nitrogens is 1. The molecule has 0 aliphatic heterocycles. The van der Waals surface area contributed by atoms with E-state index in [-0.39, 0.29) is 5.91 Å². The number of pyridine rings is 1. The van der Waals surface area contributed by atoms with Gasteiger partial charge < -0.3 is 10.2 Å². The molecule has 3 rings (SSSR count). The average molecular weight is 295 g/mol. The molecule has 1 aliphatic carbocycles. The summed E-state index contributed by atoms with van der Waals surface area (Å²) >= 11 is 0. The van der Waals surface area contributed by atoms with Crippen LogP contribution < -0.4 is 10.2 Å². The fourth-order valence-electron chi connectivity index (χ4n) is 2.49. The van der Waals surface area contributed by atoms with Crippen LogP contribution in [0.4, 0.5) is 11.4 Å². The van der Waals surface area contributed by atoms with E-state index in [1.165, 1.54) is 12.8 Å². The van der Waals surface area contributed by atoms with Gasteiger partial charge in [0.2, 0.25) is 0 Å². The smallest absolute Gasteiger partial charge is 0.259 e. The number of amides is 1. The molecule has 1 aromatic heterocycles. The Balaban J connectivity index is 1.84. The molecule has 2 aromatic rings. The summed E-state index contributed by atoms with van der Waals surface area (Å²) in [5.74, 6) is -0.0138. The van der Waals surface area contributed by atoms with Crippen molar-refractivity contribution in [3.8, 4) is 0 Å². The Hall–Kier alpha value is -2.36. The SMILES string of the molecule is CCN(C(=O)c1cncc(NC2CC2)c1)c1cccc(C)c1. The maximum absolute atomic E-state index is 12.8. The van der Waals surface area contributed by atoms with Gasteiger partial charge in [-0.3, -0.25) is 9.78 Å². The summed E-state index contributed by atoms with van der Waals surface area (Å²) in [6.45, 7) is 4.64. The summed E-state index contributed by atoms with van der Waals surface area (Å²) in [5, 5.41) is 3.38. The Kier molecular flexibility index (Phi) is 4.09. The number of benzene rings is 1. The highest BCUT2D eigenvalue weighted by Gasteiger charge is 2.22. The maximum atomic E-state index is 12.8. The van der Waals surface area contributed by atoms with Crippen molar-refractivity contribution in [3.05, 3.63) is 53.9 Å². The fraction of sp³-hybridized carbons (Fsp3) is 0.333. The Morgan fingerprint density at radius 2 is 2.14 bits per heavy atom. The third-order valence-corrected chi connectivity index (χ3v) is 3.81. The number of anilines is 2. The summed E-state index contributed by atoms with van der Waals surface area (Å²) in [4.78, 5) is 18.8. The first-order chi connectivity index (χ1) is 10.7. The summed E-state index contributed by atoms with van der Waals surface area (Å²) in [5.41, 5.74) is 3.61. The van der Waals surface area contributed by atoms with Gasteiger partial charge in [-0.15, -0.1) is 0 Å². The number of rotatable bonds is 5. The zero-order chi connectivity index (χ0) is 15.5. The van der Waals surface area contributed by atoms with Gasteiger partial charge in [-0.2, -0.15) is 0 Å². The lowest BCUT2D eigenvalue weighted by Gasteiger charge is -2.21. The Labute approximate surface area is 131 Å². The normalized spacial score (nSPS) is 13.7. The number of hydrogen-bond donors (Lipinski definition) is 1. The topological polar surface area (TPSA) is 45.2 Å². The highest BCUT2D eigenvalue weighted by molar-refractivity contribution is 6.06. The number of carbonyl (C=O) groups is 1. The third kappa shape index (κ3) is 3.27. The third-order valence-electron chi connectivity index (χ3n) is 3.81. The second-order valence-corrected chi connectivity index (χ2v) is 5.77. The lowest BCUT2D eigenvalue weighted by Crippen LogP contribution is -2.30. The van der Waals surface area contributed by atoms with E-state index in [2.05, 4.69) is 10.3 Å². The van der Waals surface area contributed by atoms with Crippen molar-refractivity contribution in [1.82, 2.24) is 4.98 Å². The van der Waals surface area contributed by atoms with Crippen LogP contribution in [0.25, 0.3) is 0 Å². The average Bonchev–Trinajstić information content (AvgIpc) is 3.32. The number of hydrogen-bond acceptors (Lipinski definition) is 3. The van der Waals surface area contributed by atoms with Crippen molar-refractivity contribution in [2.45, 2.75) is 32.7 Å². The van der Waals surface area contributed by atoms with Crippen LogP contribution in [0.15, 0.2) is 42.7 Å². The lowest BCUT2D eigenvalue weighted by atomic mass is 10.1. The molecule has 1 heterocycles. The van der Waals surface area contributed by atoms with Crippen LogP contribution in [0.2, 0.25) is 0 Å². The minimum absolute atomic E-state index is 0.0138. The van der Waals surface area contributed by atoms with Crippen molar-refractivity contribution in [3.63, 3.8) is 0 Å².